The van der Waals surface area contributed by atoms with Crippen LogP contribution in [0.15, 0.2) is 46.4 Å². The van der Waals surface area contributed by atoms with Crippen molar-refractivity contribution in [1.82, 2.24) is 0 Å². The van der Waals surface area contributed by atoms with E-state index < -0.39 is 5.91 Å². The third-order valence-corrected chi connectivity index (χ3v) is 3.48. The Hall–Kier alpha value is -2.07. The Balaban J connectivity index is 2.21. The minimum Gasteiger partial charge on any atom is -0.462 e. The lowest BCUT2D eigenvalue weighted by molar-refractivity contribution is -0.112. The normalized spacial score (nSPS) is 10.9. The molecule has 0 saturated heterocycles. The van der Waals surface area contributed by atoms with Gasteiger partial charge in [-0.15, -0.1) is 0 Å². The van der Waals surface area contributed by atoms with Crippen LogP contribution in [0.25, 0.3) is 6.08 Å². The number of nitriles is 1. The molecule has 1 aromatic carbocycles. The molecule has 1 amide bonds. The molecule has 2 aromatic rings. The van der Waals surface area contributed by atoms with Crippen molar-refractivity contribution in [3.8, 4) is 6.07 Å². The van der Waals surface area contributed by atoms with Crippen LogP contribution in [0.4, 0.5) is 5.69 Å². The van der Waals surface area contributed by atoms with Crippen LogP contribution < -0.4 is 5.32 Å². The predicted molar refractivity (Wildman–Crippen MR) is 84.8 cm³/mol. The van der Waals surface area contributed by atoms with E-state index in [1.54, 1.807) is 25.1 Å². The summed E-state index contributed by atoms with van der Waals surface area (Å²) in [5, 5.41) is 11.8. The van der Waals surface area contributed by atoms with Gasteiger partial charge in [0.1, 0.15) is 23.2 Å². The molecule has 0 fully saturated rings. The first kappa shape index (κ1) is 14.3. The second kappa shape index (κ2) is 6.39. The van der Waals surface area contributed by atoms with Gasteiger partial charge in [0.2, 0.25) is 0 Å². The van der Waals surface area contributed by atoms with Crippen LogP contribution in [0.3, 0.4) is 0 Å². The van der Waals surface area contributed by atoms with E-state index in [9.17, 15) is 4.79 Å². The molecular weight excluding hydrogens is 367 g/mol. The molecule has 4 nitrogen and oxygen atoms in total. The van der Waals surface area contributed by atoms with Crippen molar-refractivity contribution in [3.63, 3.8) is 0 Å². The molecule has 0 spiro atoms. The Kier molecular flexibility index (Phi) is 4.58. The van der Waals surface area contributed by atoms with Crippen LogP contribution in [0, 0.1) is 21.8 Å². The summed E-state index contributed by atoms with van der Waals surface area (Å²) in [4.78, 5) is 12.1. The smallest absolute Gasteiger partial charge is 0.266 e. The highest BCUT2D eigenvalue weighted by molar-refractivity contribution is 14.1. The third kappa shape index (κ3) is 3.48. The topological polar surface area (TPSA) is 66.0 Å². The van der Waals surface area contributed by atoms with Crippen LogP contribution in [0.5, 0.6) is 0 Å². The lowest BCUT2D eigenvalue weighted by Gasteiger charge is -2.05. The van der Waals surface area contributed by atoms with Gasteiger partial charge in [-0.05, 0) is 53.8 Å². The molecule has 100 valence electrons. The predicted octanol–water partition coefficient (Wildman–Crippen LogP) is 3.74. The van der Waals surface area contributed by atoms with E-state index in [0.29, 0.717) is 11.4 Å². The van der Waals surface area contributed by atoms with Crippen molar-refractivity contribution < 1.29 is 9.21 Å². The third-order valence-electron chi connectivity index (χ3n) is 2.53. The molecule has 0 saturated carbocycles. The van der Waals surface area contributed by atoms with Gasteiger partial charge in [-0.25, -0.2) is 0 Å². The molecule has 5 heteroatoms. The summed E-state index contributed by atoms with van der Waals surface area (Å²) in [6, 6.07) is 12.7. The molecule has 0 aliphatic carbocycles. The molecule has 1 N–H and O–H groups in total. The molecule has 0 aliphatic heterocycles. The highest BCUT2D eigenvalue weighted by Crippen LogP contribution is 2.18. The number of furan rings is 1. The molecule has 2 rings (SSSR count). The van der Waals surface area contributed by atoms with Gasteiger partial charge in [-0.3, -0.25) is 4.79 Å². The number of amides is 1. The number of hydrogen-bond acceptors (Lipinski definition) is 3. The van der Waals surface area contributed by atoms with Crippen LogP contribution in [-0.4, -0.2) is 5.91 Å². The summed E-state index contributed by atoms with van der Waals surface area (Å²) < 4.78 is 6.24. The van der Waals surface area contributed by atoms with Gasteiger partial charge in [0, 0.05) is 9.65 Å². The Bertz CT molecular complexity index is 711. The molecule has 0 bridgehead atoms. The maximum atomic E-state index is 12.1. The highest BCUT2D eigenvalue weighted by Gasteiger charge is 2.11. The van der Waals surface area contributed by atoms with Gasteiger partial charge in [0.15, 0.2) is 0 Å². The number of halogens is 1. The largest absolute Gasteiger partial charge is 0.462 e. The Morgan fingerprint density at radius 2 is 2.10 bits per heavy atom. The van der Waals surface area contributed by atoms with E-state index in [-0.39, 0.29) is 5.57 Å². The van der Waals surface area contributed by atoms with Gasteiger partial charge in [0.05, 0.1) is 5.69 Å². The van der Waals surface area contributed by atoms with E-state index in [1.165, 1.54) is 6.08 Å². The zero-order valence-corrected chi connectivity index (χ0v) is 12.8. The fourth-order valence-electron chi connectivity index (χ4n) is 1.57. The average molecular weight is 378 g/mol. The molecular formula is C15H11IN2O2. The monoisotopic (exact) mass is 378 g/mol. The molecule has 0 unspecified atom stereocenters. The number of aryl methyl sites for hydroxylation is 1. The minimum absolute atomic E-state index is 0.000923. The van der Waals surface area contributed by atoms with Crippen molar-refractivity contribution in [3.05, 3.63) is 57.1 Å². The maximum absolute atomic E-state index is 12.1. The fraction of sp³-hybridized carbons (Fsp3) is 0.0667. The minimum atomic E-state index is -0.453. The SMILES string of the molecule is Cc1ccc(/C=C(/C#N)C(=O)Nc2ccccc2I)o1. The van der Waals surface area contributed by atoms with Gasteiger partial charge in [-0.1, -0.05) is 12.1 Å². The number of carbonyl (C=O) groups excluding carboxylic acids is 1. The number of hydrogen-bond donors (Lipinski definition) is 1. The second-order valence-corrected chi connectivity index (χ2v) is 5.21. The van der Waals surface area contributed by atoms with Crippen molar-refractivity contribution in [2.45, 2.75) is 6.92 Å². The molecule has 0 radical (unpaired) electrons. The standard InChI is InChI=1S/C15H11IN2O2/c1-10-6-7-12(20-10)8-11(9-17)15(19)18-14-5-3-2-4-13(14)16/h2-8H,1H3,(H,18,19)/b11-8-. The summed E-state index contributed by atoms with van der Waals surface area (Å²) in [5.74, 6) is 0.759. The quantitative estimate of drug-likeness (QED) is 0.503. The molecule has 0 aliphatic rings. The first-order valence-electron chi connectivity index (χ1n) is 5.84. The maximum Gasteiger partial charge on any atom is 0.266 e. The van der Waals surface area contributed by atoms with Crippen molar-refractivity contribution in [2.75, 3.05) is 5.32 Å². The molecule has 1 heterocycles. The number of nitrogens with zero attached hydrogens (tertiary/aromatic N) is 1. The van der Waals surface area contributed by atoms with E-state index in [4.69, 9.17) is 9.68 Å². The molecule has 1 aromatic heterocycles. The van der Waals surface area contributed by atoms with E-state index in [2.05, 4.69) is 27.9 Å². The first-order valence-corrected chi connectivity index (χ1v) is 6.92. The number of nitrogens with one attached hydrogen (secondary N) is 1. The Morgan fingerprint density at radius 3 is 2.70 bits per heavy atom. The van der Waals surface area contributed by atoms with Crippen LogP contribution >= 0.6 is 22.6 Å². The van der Waals surface area contributed by atoms with E-state index >= 15 is 0 Å². The molecule has 0 atom stereocenters. The summed E-state index contributed by atoms with van der Waals surface area (Å²) in [5.41, 5.74) is 0.675. The zero-order chi connectivity index (χ0) is 14.5. The van der Waals surface area contributed by atoms with E-state index in [0.717, 1.165) is 9.33 Å². The van der Waals surface area contributed by atoms with Gasteiger partial charge in [0.25, 0.3) is 5.91 Å². The van der Waals surface area contributed by atoms with Gasteiger partial charge < -0.3 is 9.73 Å². The lowest BCUT2D eigenvalue weighted by atomic mass is 10.2. The van der Waals surface area contributed by atoms with Crippen molar-refractivity contribution in [2.24, 2.45) is 0 Å². The summed E-state index contributed by atoms with van der Waals surface area (Å²) in [6.45, 7) is 1.80. The van der Waals surface area contributed by atoms with Crippen molar-refractivity contribution >= 4 is 40.3 Å². The number of benzene rings is 1. The zero-order valence-electron chi connectivity index (χ0n) is 10.7. The number of carbonyl (C=O) groups is 1. The lowest BCUT2D eigenvalue weighted by Crippen LogP contribution is -2.14. The van der Waals surface area contributed by atoms with Gasteiger partial charge >= 0.3 is 0 Å². The highest BCUT2D eigenvalue weighted by atomic mass is 127. The average Bonchev–Trinajstić information content (AvgIpc) is 2.84. The summed E-state index contributed by atoms with van der Waals surface area (Å²) >= 11 is 2.12. The van der Waals surface area contributed by atoms with Crippen LogP contribution in [0.1, 0.15) is 11.5 Å². The number of rotatable bonds is 3. The Labute approximate surface area is 130 Å². The number of para-hydroxylation sites is 1. The Morgan fingerprint density at radius 1 is 1.35 bits per heavy atom. The van der Waals surface area contributed by atoms with Crippen LogP contribution in [-0.2, 0) is 4.79 Å². The van der Waals surface area contributed by atoms with Crippen LogP contribution in [0.2, 0.25) is 0 Å². The molecule has 20 heavy (non-hydrogen) atoms. The van der Waals surface area contributed by atoms with Gasteiger partial charge in [-0.2, -0.15) is 5.26 Å². The first-order chi connectivity index (χ1) is 9.60. The van der Waals surface area contributed by atoms with Crippen molar-refractivity contribution in [1.29, 1.82) is 5.26 Å². The second-order valence-electron chi connectivity index (χ2n) is 4.05. The number of anilines is 1. The van der Waals surface area contributed by atoms with E-state index in [1.807, 2.05) is 24.3 Å². The summed E-state index contributed by atoms with van der Waals surface area (Å²) in [6.07, 6.45) is 1.43. The fourth-order valence-corrected chi connectivity index (χ4v) is 2.10. The summed E-state index contributed by atoms with van der Waals surface area (Å²) in [7, 11) is 0.